The van der Waals surface area contributed by atoms with Crippen molar-refractivity contribution >= 4 is 22.8 Å². The lowest BCUT2D eigenvalue weighted by Gasteiger charge is -2.40. The average molecular weight is 387 g/mol. The number of aliphatic hydroxyl groups is 1. The molecule has 1 amide bonds. The van der Waals surface area contributed by atoms with Crippen molar-refractivity contribution in [2.75, 3.05) is 25.0 Å². The Morgan fingerprint density at radius 2 is 2.04 bits per heavy atom. The van der Waals surface area contributed by atoms with Gasteiger partial charge in [-0.05, 0) is 31.1 Å². The number of aromatic nitrogens is 4. The first kappa shape index (κ1) is 19.1. The van der Waals surface area contributed by atoms with E-state index in [4.69, 9.17) is 0 Å². The third kappa shape index (κ3) is 3.45. The minimum atomic E-state index is -0.846. The van der Waals surface area contributed by atoms with Gasteiger partial charge in [0.2, 0.25) is 5.91 Å². The van der Waals surface area contributed by atoms with Crippen molar-refractivity contribution < 1.29 is 9.90 Å². The number of carbonyl (C=O) groups excluding carboxylic acids is 1. The molecule has 0 spiro atoms. The van der Waals surface area contributed by atoms with Gasteiger partial charge >= 0.3 is 0 Å². The predicted molar refractivity (Wildman–Crippen MR) is 107 cm³/mol. The maximum atomic E-state index is 13.0. The van der Waals surface area contributed by atoms with Gasteiger partial charge < -0.3 is 15.3 Å². The number of amides is 1. The Morgan fingerprint density at radius 1 is 1.29 bits per heavy atom. The summed E-state index contributed by atoms with van der Waals surface area (Å²) in [5, 5.41) is 19.3. The van der Waals surface area contributed by atoms with E-state index in [1.165, 1.54) is 6.33 Å². The molecule has 2 N–H and O–H groups in total. The summed E-state index contributed by atoms with van der Waals surface area (Å²) >= 11 is 0. The number of likely N-dealkylation sites (tertiary alicyclic amines) is 1. The fourth-order valence-electron chi connectivity index (χ4n) is 4.68. The van der Waals surface area contributed by atoms with Gasteiger partial charge in [-0.3, -0.25) is 9.48 Å². The van der Waals surface area contributed by atoms with E-state index >= 15 is 0 Å². The molecule has 0 aromatic carbocycles. The molecule has 28 heavy (non-hydrogen) atoms. The van der Waals surface area contributed by atoms with Crippen molar-refractivity contribution in [1.29, 1.82) is 0 Å². The molecule has 2 aliphatic rings. The van der Waals surface area contributed by atoms with E-state index in [2.05, 4.69) is 34.2 Å². The zero-order chi connectivity index (χ0) is 19.9. The van der Waals surface area contributed by atoms with Gasteiger partial charge in [0.05, 0.1) is 17.2 Å². The van der Waals surface area contributed by atoms with E-state index in [1.807, 2.05) is 11.9 Å². The van der Waals surface area contributed by atoms with Gasteiger partial charge in [-0.25, -0.2) is 9.97 Å². The van der Waals surface area contributed by atoms with E-state index in [-0.39, 0.29) is 17.2 Å². The zero-order valence-corrected chi connectivity index (χ0v) is 17.0. The molecule has 3 heterocycles. The topological polar surface area (TPSA) is 96.2 Å². The maximum Gasteiger partial charge on any atom is 0.226 e. The summed E-state index contributed by atoms with van der Waals surface area (Å²) in [6.07, 6.45) is 7.61. The van der Waals surface area contributed by atoms with Crippen LogP contribution in [0.5, 0.6) is 0 Å². The van der Waals surface area contributed by atoms with Gasteiger partial charge in [0.15, 0.2) is 5.65 Å². The van der Waals surface area contributed by atoms with Gasteiger partial charge in [-0.15, -0.1) is 0 Å². The Hall–Kier alpha value is -2.22. The third-order valence-electron chi connectivity index (χ3n) is 6.68. The number of anilines is 1. The van der Waals surface area contributed by atoms with Crippen LogP contribution in [0.25, 0.3) is 11.0 Å². The van der Waals surface area contributed by atoms with Crippen molar-refractivity contribution in [3.63, 3.8) is 0 Å². The Morgan fingerprint density at radius 3 is 2.71 bits per heavy atom. The van der Waals surface area contributed by atoms with Gasteiger partial charge in [0.1, 0.15) is 12.1 Å². The van der Waals surface area contributed by atoms with Gasteiger partial charge in [-0.1, -0.05) is 20.3 Å². The van der Waals surface area contributed by atoms with Crippen LogP contribution in [0, 0.1) is 11.3 Å². The molecule has 2 fully saturated rings. The molecule has 1 saturated carbocycles. The lowest BCUT2D eigenvalue weighted by Crippen LogP contribution is -2.52. The number of hydrogen-bond donors (Lipinski definition) is 2. The highest BCUT2D eigenvalue weighted by molar-refractivity contribution is 5.86. The zero-order valence-electron chi connectivity index (χ0n) is 17.0. The summed E-state index contributed by atoms with van der Waals surface area (Å²) in [6, 6.07) is 0. The maximum absolute atomic E-state index is 13.0. The standard InChI is InChI=1S/C20H30N6O2/c1-19(2)6-4-5-15(19)18(27)26-9-7-20(28,8-10-26)12-21-16-14-11-24-25(3)17(14)23-13-22-16/h11,13,15,28H,4-10,12H2,1-3H3,(H,21,22,23). The molecule has 1 saturated heterocycles. The lowest BCUT2D eigenvalue weighted by molar-refractivity contribution is -0.142. The number of fused-ring (bicyclic) bond motifs is 1. The number of piperidine rings is 1. The monoisotopic (exact) mass is 386 g/mol. The Kier molecular flexibility index (Phi) is 4.77. The second kappa shape index (κ2) is 6.99. The van der Waals surface area contributed by atoms with Crippen LogP contribution >= 0.6 is 0 Å². The van der Waals surface area contributed by atoms with Gasteiger partial charge in [0.25, 0.3) is 0 Å². The quantitative estimate of drug-likeness (QED) is 0.834. The van der Waals surface area contributed by atoms with Crippen LogP contribution in [0.15, 0.2) is 12.5 Å². The summed E-state index contributed by atoms with van der Waals surface area (Å²) in [4.78, 5) is 23.4. The van der Waals surface area contributed by atoms with Crippen LogP contribution in [0.4, 0.5) is 5.82 Å². The second-order valence-corrected chi connectivity index (χ2v) is 9.06. The number of nitrogens with zero attached hydrogens (tertiary/aromatic N) is 5. The number of carbonyl (C=O) groups is 1. The van der Waals surface area contributed by atoms with E-state index in [9.17, 15) is 9.90 Å². The van der Waals surface area contributed by atoms with Crippen LogP contribution in [-0.2, 0) is 11.8 Å². The molecule has 0 radical (unpaired) electrons. The minimum Gasteiger partial charge on any atom is -0.388 e. The van der Waals surface area contributed by atoms with Gasteiger partial charge in [0, 0.05) is 32.6 Å². The molecular weight excluding hydrogens is 356 g/mol. The average Bonchev–Trinajstić information content (AvgIpc) is 3.22. The summed E-state index contributed by atoms with van der Waals surface area (Å²) in [5.41, 5.74) is -0.000235. The van der Waals surface area contributed by atoms with Crippen molar-refractivity contribution in [1.82, 2.24) is 24.6 Å². The van der Waals surface area contributed by atoms with E-state index < -0.39 is 5.60 Å². The summed E-state index contributed by atoms with van der Waals surface area (Å²) < 4.78 is 1.70. The fraction of sp³-hybridized carbons (Fsp3) is 0.700. The number of nitrogens with one attached hydrogen (secondary N) is 1. The predicted octanol–water partition coefficient (Wildman–Crippen LogP) is 1.95. The normalized spacial score (nSPS) is 23.9. The molecule has 8 nitrogen and oxygen atoms in total. The van der Waals surface area contributed by atoms with Gasteiger partial charge in [-0.2, -0.15) is 5.10 Å². The van der Waals surface area contributed by atoms with Crippen molar-refractivity contribution in [3.8, 4) is 0 Å². The second-order valence-electron chi connectivity index (χ2n) is 9.06. The Labute approximate surface area is 165 Å². The van der Waals surface area contributed by atoms with Crippen LogP contribution in [0.3, 0.4) is 0 Å². The first-order chi connectivity index (χ1) is 13.3. The van der Waals surface area contributed by atoms with Crippen molar-refractivity contribution in [3.05, 3.63) is 12.5 Å². The summed E-state index contributed by atoms with van der Waals surface area (Å²) in [7, 11) is 1.84. The van der Waals surface area contributed by atoms with Crippen LogP contribution in [-0.4, -0.2) is 60.9 Å². The van der Waals surface area contributed by atoms with Crippen LogP contribution in [0.1, 0.15) is 46.0 Å². The first-order valence-electron chi connectivity index (χ1n) is 10.2. The van der Waals surface area contributed by atoms with E-state index in [0.717, 1.165) is 30.3 Å². The SMILES string of the molecule is Cn1ncc2c(NCC3(O)CCN(C(=O)C4CCCC4(C)C)CC3)ncnc21. The van der Waals surface area contributed by atoms with E-state index in [1.54, 1.807) is 10.9 Å². The molecule has 1 aliphatic heterocycles. The Balaban J connectivity index is 1.36. The largest absolute Gasteiger partial charge is 0.388 e. The highest BCUT2D eigenvalue weighted by atomic mass is 16.3. The fourth-order valence-corrected chi connectivity index (χ4v) is 4.68. The molecule has 152 valence electrons. The highest BCUT2D eigenvalue weighted by Gasteiger charge is 2.43. The minimum absolute atomic E-state index is 0.0918. The Bertz CT molecular complexity index is 869. The summed E-state index contributed by atoms with van der Waals surface area (Å²) in [6.45, 7) is 6.01. The molecular formula is C20H30N6O2. The molecule has 1 atom stereocenters. The molecule has 2 aromatic rings. The molecule has 4 rings (SSSR count). The number of hydrogen-bond acceptors (Lipinski definition) is 6. The molecule has 8 heteroatoms. The smallest absolute Gasteiger partial charge is 0.226 e. The first-order valence-corrected chi connectivity index (χ1v) is 10.2. The number of rotatable bonds is 4. The third-order valence-corrected chi connectivity index (χ3v) is 6.68. The highest BCUT2D eigenvalue weighted by Crippen LogP contribution is 2.44. The van der Waals surface area contributed by atoms with E-state index in [0.29, 0.717) is 38.3 Å². The molecule has 1 aliphatic carbocycles. The summed E-state index contributed by atoms with van der Waals surface area (Å²) in [5.74, 6) is 1.07. The number of aryl methyl sites for hydroxylation is 1. The lowest BCUT2D eigenvalue weighted by atomic mass is 9.80. The van der Waals surface area contributed by atoms with Crippen LogP contribution < -0.4 is 5.32 Å². The molecule has 1 unspecified atom stereocenters. The van der Waals surface area contributed by atoms with Crippen molar-refractivity contribution in [2.24, 2.45) is 18.4 Å². The van der Waals surface area contributed by atoms with Crippen LogP contribution in [0.2, 0.25) is 0 Å². The molecule has 0 bridgehead atoms. The molecule has 2 aromatic heterocycles. The van der Waals surface area contributed by atoms with Crippen molar-refractivity contribution in [2.45, 2.75) is 51.6 Å².